The summed E-state index contributed by atoms with van der Waals surface area (Å²) in [6.45, 7) is 1.31. The monoisotopic (exact) mass is 413 g/mol. The molecule has 1 saturated heterocycles. The molecule has 0 radical (unpaired) electrons. The molecule has 1 fully saturated rings. The summed E-state index contributed by atoms with van der Waals surface area (Å²) in [5.74, 6) is 0.744. The van der Waals surface area contributed by atoms with E-state index in [2.05, 4.69) is 26.0 Å². The van der Waals surface area contributed by atoms with Crippen LogP contribution in [0.2, 0.25) is 0 Å². The van der Waals surface area contributed by atoms with Gasteiger partial charge in [-0.25, -0.2) is 4.68 Å². The number of pyridine rings is 1. The molecule has 1 atom stereocenters. The average Bonchev–Trinajstić information content (AvgIpc) is 3.10. The van der Waals surface area contributed by atoms with Gasteiger partial charge in [0, 0.05) is 6.61 Å². The van der Waals surface area contributed by atoms with Gasteiger partial charge in [-0.05, 0) is 52.9 Å². The van der Waals surface area contributed by atoms with E-state index in [1.807, 2.05) is 47.1 Å². The fourth-order valence-corrected chi connectivity index (χ4v) is 3.54. The van der Waals surface area contributed by atoms with E-state index in [0.717, 1.165) is 53.0 Å². The van der Waals surface area contributed by atoms with Crippen molar-refractivity contribution >= 4 is 15.9 Å². The summed E-state index contributed by atoms with van der Waals surface area (Å²) >= 11 is 3.59. The summed E-state index contributed by atoms with van der Waals surface area (Å²) in [5.41, 5.74) is 2.91. The lowest BCUT2D eigenvalue weighted by molar-refractivity contribution is -0.0384. The largest absolute Gasteiger partial charge is 0.487 e. The highest BCUT2D eigenvalue weighted by Crippen LogP contribution is 2.33. The van der Waals surface area contributed by atoms with Gasteiger partial charge in [-0.15, -0.1) is 0 Å². The van der Waals surface area contributed by atoms with Gasteiger partial charge in [0.25, 0.3) is 0 Å². The van der Waals surface area contributed by atoms with Crippen molar-refractivity contribution in [2.75, 3.05) is 6.61 Å². The highest BCUT2D eigenvalue weighted by molar-refractivity contribution is 9.10. The molecule has 6 heteroatoms. The van der Waals surface area contributed by atoms with Crippen molar-refractivity contribution in [1.29, 1.82) is 0 Å². The van der Waals surface area contributed by atoms with Crippen LogP contribution in [-0.2, 0) is 11.3 Å². The topological polar surface area (TPSA) is 49.2 Å². The van der Waals surface area contributed by atoms with E-state index in [0.29, 0.717) is 6.61 Å². The zero-order valence-electron chi connectivity index (χ0n) is 14.3. The molecule has 5 nitrogen and oxygen atoms in total. The maximum atomic E-state index is 5.88. The Labute approximate surface area is 161 Å². The third-order valence-corrected chi connectivity index (χ3v) is 4.99. The first-order chi connectivity index (χ1) is 12.8. The van der Waals surface area contributed by atoms with E-state index in [9.17, 15) is 0 Å². The van der Waals surface area contributed by atoms with Crippen LogP contribution < -0.4 is 4.74 Å². The molecule has 0 aliphatic carbocycles. The van der Waals surface area contributed by atoms with Gasteiger partial charge in [0.05, 0.1) is 22.6 Å². The number of aromatic nitrogens is 3. The van der Waals surface area contributed by atoms with Crippen molar-refractivity contribution in [1.82, 2.24) is 14.8 Å². The molecule has 1 aliphatic rings. The highest BCUT2D eigenvalue weighted by Gasteiger charge is 2.22. The van der Waals surface area contributed by atoms with Crippen LogP contribution in [0.25, 0.3) is 11.4 Å². The highest BCUT2D eigenvalue weighted by atomic mass is 79.9. The maximum absolute atomic E-state index is 5.88. The van der Waals surface area contributed by atoms with Gasteiger partial charge < -0.3 is 9.47 Å². The number of ether oxygens (including phenoxy) is 2. The van der Waals surface area contributed by atoms with Gasteiger partial charge in [0.15, 0.2) is 6.23 Å². The number of hydrogen-bond donors (Lipinski definition) is 0. The first-order valence-electron chi connectivity index (χ1n) is 8.79. The van der Waals surface area contributed by atoms with E-state index in [1.54, 1.807) is 12.4 Å². The number of halogens is 1. The van der Waals surface area contributed by atoms with Crippen molar-refractivity contribution in [3.63, 3.8) is 0 Å². The molecule has 1 unspecified atom stereocenters. The van der Waals surface area contributed by atoms with Crippen molar-refractivity contribution in [2.24, 2.45) is 0 Å². The standard InChI is InChI=1S/C20H20BrN3O2/c21-17-13-23-24(19-8-4-5-11-25-19)20(17)18-10-9-16(12-22-18)26-14-15-6-2-1-3-7-15/h1-3,6-7,9-10,12-13,19H,4-5,8,11,14H2. The second kappa shape index (κ2) is 8.01. The zero-order valence-corrected chi connectivity index (χ0v) is 15.9. The Morgan fingerprint density at radius 3 is 2.73 bits per heavy atom. The van der Waals surface area contributed by atoms with Crippen LogP contribution in [0, 0.1) is 0 Å². The minimum atomic E-state index is -0.0270. The molecule has 0 amide bonds. The van der Waals surface area contributed by atoms with Gasteiger partial charge in [-0.3, -0.25) is 4.98 Å². The molecule has 1 aliphatic heterocycles. The van der Waals surface area contributed by atoms with Crippen molar-refractivity contribution in [3.05, 3.63) is 64.9 Å². The summed E-state index contributed by atoms with van der Waals surface area (Å²) in [6, 6.07) is 14.0. The van der Waals surface area contributed by atoms with Crippen LogP contribution in [0.15, 0.2) is 59.3 Å². The Morgan fingerprint density at radius 2 is 2.00 bits per heavy atom. The molecule has 2 aromatic heterocycles. The first-order valence-corrected chi connectivity index (χ1v) is 9.58. The van der Waals surface area contributed by atoms with Gasteiger partial charge in [0.1, 0.15) is 18.1 Å². The van der Waals surface area contributed by atoms with Crippen LogP contribution in [0.5, 0.6) is 5.75 Å². The van der Waals surface area contributed by atoms with Crippen molar-refractivity contribution < 1.29 is 9.47 Å². The minimum absolute atomic E-state index is 0.0270. The summed E-state index contributed by atoms with van der Waals surface area (Å²) < 4.78 is 14.5. The predicted molar refractivity (Wildman–Crippen MR) is 103 cm³/mol. The summed E-state index contributed by atoms with van der Waals surface area (Å²) in [6.07, 6.45) is 6.76. The first kappa shape index (κ1) is 17.2. The molecule has 3 aromatic rings. The van der Waals surface area contributed by atoms with Crippen molar-refractivity contribution in [3.8, 4) is 17.1 Å². The molecule has 0 spiro atoms. The molecule has 0 bridgehead atoms. The molecule has 0 N–H and O–H groups in total. The Kier molecular flexibility index (Phi) is 5.32. The fraction of sp³-hybridized carbons (Fsp3) is 0.300. The van der Waals surface area contributed by atoms with E-state index < -0.39 is 0 Å². The summed E-state index contributed by atoms with van der Waals surface area (Å²) in [5, 5.41) is 4.49. The molecular weight excluding hydrogens is 394 g/mol. The van der Waals surface area contributed by atoms with Crippen molar-refractivity contribution in [2.45, 2.75) is 32.1 Å². The Hall–Kier alpha value is -2.18. The van der Waals surface area contributed by atoms with Crippen LogP contribution in [0.1, 0.15) is 31.1 Å². The van der Waals surface area contributed by atoms with Gasteiger partial charge in [-0.2, -0.15) is 5.10 Å². The van der Waals surface area contributed by atoms with E-state index >= 15 is 0 Å². The quantitative estimate of drug-likeness (QED) is 0.591. The Bertz CT molecular complexity index is 843. The Balaban J connectivity index is 1.51. The van der Waals surface area contributed by atoms with Crippen LogP contribution in [-0.4, -0.2) is 21.4 Å². The fourth-order valence-electron chi connectivity index (χ4n) is 3.06. The smallest absolute Gasteiger partial charge is 0.150 e. The molecule has 4 rings (SSSR count). The second-order valence-electron chi connectivity index (χ2n) is 6.26. The number of hydrogen-bond acceptors (Lipinski definition) is 4. The molecule has 1 aromatic carbocycles. The molecule has 0 saturated carbocycles. The number of nitrogens with zero attached hydrogens (tertiary/aromatic N) is 3. The lowest BCUT2D eigenvalue weighted by atomic mass is 10.2. The van der Waals surface area contributed by atoms with E-state index in [-0.39, 0.29) is 6.23 Å². The lowest BCUT2D eigenvalue weighted by Gasteiger charge is -2.24. The van der Waals surface area contributed by atoms with Gasteiger partial charge >= 0.3 is 0 Å². The third kappa shape index (κ3) is 3.81. The summed E-state index contributed by atoms with van der Waals surface area (Å²) in [7, 11) is 0. The molecular formula is C20H20BrN3O2. The minimum Gasteiger partial charge on any atom is -0.487 e. The second-order valence-corrected chi connectivity index (χ2v) is 7.11. The van der Waals surface area contributed by atoms with Crippen LogP contribution in [0.3, 0.4) is 0 Å². The Morgan fingerprint density at radius 1 is 1.12 bits per heavy atom. The lowest BCUT2D eigenvalue weighted by Crippen LogP contribution is -2.20. The predicted octanol–water partition coefficient (Wildman–Crippen LogP) is 4.99. The number of benzene rings is 1. The SMILES string of the molecule is Brc1cnn(C2CCCCO2)c1-c1ccc(OCc2ccccc2)cn1. The summed E-state index contributed by atoms with van der Waals surface area (Å²) in [4.78, 5) is 4.58. The van der Waals surface area contributed by atoms with Crippen LogP contribution in [0.4, 0.5) is 0 Å². The molecule has 134 valence electrons. The van der Waals surface area contributed by atoms with Gasteiger partial charge in [-0.1, -0.05) is 30.3 Å². The number of rotatable bonds is 5. The van der Waals surface area contributed by atoms with E-state index in [4.69, 9.17) is 9.47 Å². The average molecular weight is 414 g/mol. The zero-order chi connectivity index (χ0) is 17.8. The molecule has 26 heavy (non-hydrogen) atoms. The van der Waals surface area contributed by atoms with Crippen LogP contribution >= 0.6 is 15.9 Å². The normalized spacial score (nSPS) is 17.2. The van der Waals surface area contributed by atoms with Gasteiger partial charge in [0.2, 0.25) is 0 Å². The van der Waals surface area contributed by atoms with E-state index in [1.165, 1.54) is 0 Å². The third-order valence-electron chi connectivity index (χ3n) is 4.41. The molecule has 3 heterocycles. The maximum Gasteiger partial charge on any atom is 0.150 e.